The van der Waals surface area contributed by atoms with E-state index in [1.807, 2.05) is 6.92 Å². The SMILES string of the molecule is Cc1nc(=O)n(C(C)C2CCCO2)c(C)c1CC(=O)O. The number of hydrogen-bond donors (Lipinski definition) is 1. The van der Waals surface area contributed by atoms with Crippen molar-refractivity contribution in [1.82, 2.24) is 9.55 Å². The third kappa shape index (κ3) is 2.75. The molecule has 0 radical (unpaired) electrons. The molecule has 0 aromatic carbocycles. The maximum Gasteiger partial charge on any atom is 0.348 e. The lowest BCUT2D eigenvalue weighted by Crippen LogP contribution is -2.35. The number of aliphatic carboxylic acids is 1. The average molecular weight is 280 g/mol. The largest absolute Gasteiger partial charge is 0.481 e. The topological polar surface area (TPSA) is 81.4 Å². The van der Waals surface area contributed by atoms with Crippen molar-refractivity contribution in [2.45, 2.75) is 52.2 Å². The van der Waals surface area contributed by atoms with Crippen molar-refractivity contribution >= 4 is 5.97 Å². The molecule has 1 aliphatic heterocycles. The first-order valence-corrected chi connectivity index (χ1v) is 6.83. The first kappa shape index (κ1) is 14.7. The number of ether oxygens (including phenoxy) is 1. The highest BCUT2D eigenvalue weighted by atomic mass is 16.5. The van der Waals surface area contributed by atoms with Crippen LogP contribution in [0.15, 0.2) is 4.79 Å². The van der Waals surface area contributed by atoms with Crippen LogP contribution in [0.4, 0.5) is 0 Å². The van der Waals surface area contributed by atoms with Crippen LogP contribution in [-0.2, 0) is 16.0 Å². The van der Waals surface area contributed by atoms with Gasteiger partial charge in [-0.2, -0.15) is 4.98 Å². The summed E-state index contributed by atoms with van der Waals surface area (Å²) < 4.78 is 7.20. The molecule has 1 aliphatic rings. The van der Waals surface area contributed by atoms with Gasteiger partial charge in [-0.15, -0.1) is 0 Å². The third-order valence-electron chi connectivity index (χ3n) is 3.94. The molecule has 0 aliphatic carbocycles. The summed E-state index contributed by atoms with van der Waals surface area (Å²) in [6, 6.07) is -0.134. The van der Waals surface area contributed by atoms with Crippen LogP contribution in [0.2, 0.25) is 0 Å². The van der Waals surface area contributed by atoms with Crippen molar-refractivity contribution in [3.05, 3.63) is 27.4 Å². The monoisotopic (exact) mass is 280 g/mol. The molecule has 1 saturated heterocycles. The molecule has 1 fully saturated rings. The molecule has 2 heterocycles. The molecule has 6 nitrogen and oxygen atoms in total. The molecular formula is C14H20N2O4. The molecular weight excluding hydrogens is 260 g/mol. The Morgan fingerprint density at radius 1 is 1.55 bits per heavy atom. The van der Waals surface area contributed by atoms with Crippen molar-refractivity contribution in [1.29, 1.82) is 0 Å². The predicted molar refractivity (Wildman–Crippen MR) is 73.0 cm³/mol. The molecule has 2 rings (SSSR count). The highest BCUT2D eigenvalue weighted by molar-refractivity contribution is 5.70. The summed E-state index contributed by atoms with van der Waals surface area (Å²) in [4.78, 5) is 27.1. The van der Waals surface area contributed by atoms with Crippen LogP contribution in [0.5, 0.6) is 0 Å². The molecule has 1 aromatic heterocycles. The van der Waals surface area contributed by atoms with Crippen LogP contribution < -0.4 is 5.69 Å². The minimum atomic E-state index is -0.923. The van der Waals surface area contributed by atoms with Gasteiger partial charge in [0.25, 0.3) is 0 Å². The van der Waals surface area contributed by atoms with E-state index in [9.17, 15) is 9.59 Å². The van der Waals surface area contributed by atoms with Gasteiger partial charge in [0, 0.05) is 23.6 Å². The first-order valence-electron chi connectivity index (χ1n) is 6.83. The molecule has 2 atom stereocenters. The Labute approximate surface area is 117 Å². The van der Waals surface area contributed by atoms with Crippen LogP contribution in [-0.4, -0.2) is 33.3 Å². The molecule has 6 heteroatoms. The van der Waals surface area contributed by atoms with Gasteiger partial charge in [0.05, 0.1) is 18.6 Å². The second kappa shape index (κ2) is 5.75. The summed E-state index contributed by atoms with van der Waals surface area (Å²) in [5.41, 5.74) is 1.44. The number of nitrogens with zero attached hydrogens (tertiary/aromatic N) is 2. The number of aromatic nitrogens is 2. The van der Waals surface area contributed by atoms with Gasteiger partial charge in [0.2, 0.25) is 0 Å². The van der Waals surface area contributed by atoms with E-state index in [-0.39, 0.29) is 24.3 Å². The standard InChI is InChI=1S/C14H20N2O4/c1-8-11(7-13(17)18)9(2)16(14(19)15-8)10(3)12-5-4-6-20-12/h10,12H,4-7H2,1-3H3,(H,17,18). The summed E-state index contributed by atoms with van der Waals surface area (Å²) >= 11 is 0. The quantitative estimate of drug-likeness (QED) is 0.897. The van der Waals surface area contributed by atoms with E-state index in [0.29, 0.717) is 23.6 Å². The summed E-state index contributed by atoms with van der Waals surface area (Å²) in [5.74, 6) is -0.923. The Morgan fingerprint density at radius 2 is 2.25 bits per heavy atom. The lowest BCUT2D eigenvalue weighted by molar-refractivity contribution is -0.136. The summed E-state index contributed by atoms with van der Waals surface area (Å²) in [7, 11) is 0. The maximum atomic E-state index is 12.1. The van der Waals surface area contributed by atoms with Gasteiger partial charge in [0.1, 0.15) is 0 Å². The first-order chi connectivity index (χ1) is 9.41. The van der Waals surface area contributed by atoms with Gasteiger partial charge in [0.15, 0.2) is 0 Å². The lowest BCUT2D eigenvalue weighted by atomic mass is 10.1. The summed E-state index contributed by atoms with van der Waals surface area (Å²) in [5, 5.41) is 8.99. The Hall–Kier alpha value is -1.69. The zero-order chi connectivity index (χ0) is 14.9. The molecule has 1 aromatic rings. The molecule has 2 unspecified atom stereocenters. The van der Waals surface area contributed by atoms with Gasteiger partial charge in [-0.05, 0) is 33.6 Å². The zero-order valence-corrected chi connectivity index (χ0v) is 12.0. The Kier molecular flexibility index (Phi) is 4.23. The molecule has 0 saturated carbocycles. The maximum absolute atomic E-state index is 12.1. The highest BCUT2D eigenvalue weighted by Crippen LogP contribution is 2.25. The lowest BCUT2D eigenvalue weighted by Gasteiger charge is -2.24. The number of carbonyl (C=O) groups is 1. The van der Waals surface area contributed by atoms with E-state index in [1.165, 1.54) is 0 Å². The van der Waals surface area contributed by atoms with Gasteiger partial charge < -0.3 is 9.84 Å². The molecule has 0 amide bonds. The fourth-order valence-electron chi connectivity index (χ4n) is 2.85. The molecule has 0 bridgehead atoms. The van der Waals surface area contributed by atoms with Crippen LogP contribution in [0.3, 0.4) is 0 Å². The normalized spacial score (nSPS) is 20.1. The fraction of sp³-hybridized carbons (Fsp3) is 0.643. The number of carboxylic acids is 1. The second-order valence-electron chi connectivity index (χ2n) is 5.28. The van der Waals surface area contributed by atoms with Gasteiger partial charge >= 0.3 is 11.7 Å². The highest BCUT2D eigenvalue weighted by Gasteiger charge is 2.27. The minimum Gasteiger partial charge on any atom is -0.481 e. The third-order valence-corrected chi connectivity index (χ3v) is 3.94. The van der Waals surface area contributed by atoms with Crippen LogP contribution in [0.1, 0.15) is 42.8 Å². The van der Waals surface area contributed by atoms with Crippen LogP contribution in [0, 0.1) is 13.8 Å². The van der Waals surface area contributed by atoms with Gasteiger partial charge in [-0.1, -0.05) is 0 Å². The Morgan fingerprint density at radius 3 is 2.80 bits per heavy atom. The molecule has 0 spiro atoms. The number of aryl methyl sites for hydroxylation is 1. The van der Waals surface area contributed by atoms with E-state index < -0.39 is 5.97 Å². The van der Waals surface area contributed by atoms with Crippen molar-refractivity contribution < 1.29 is 14.6 Å². The van der Waals surface area contributed by atoms with E-state index in [4.69, 9.17) is 9.84 Å². The summed E-state index contributed by atoms with van der Waals surface area (Å²) in [6.07, 6.45) is 1.77. The minimum absolute atomic E-state index is 0.00594. The predicted octanol–water partition coefficient (Wildman–Crippen LogP) is 1.23. The van der Waals surface area contributed by atoms with Crippen molar-refractivity contribution in [2.24, 2.45) is 0 Å². The van der Waals surface area contributed by atoms with Crippen LogP contribution >= 0.6 is 0 Å². The molecule has 1 N–H and O–H groups in total. The molecule has 20 heavy (non-hydrogen) atoms. The van der Waals surface area contributed by atoms with Crippen molar-refractivity contribution in [3.63, 3.8) is 0 Å². The number of hydrogen-bond acceptors (Lipinski definition) is 4. The van der Waals surface area contributed by atoms with Crippen LogP contribution in [0.25, 0.3) is 0 Å². The smallest absolute Gasteiger partial charge is 0.348 e. The second-order valence-corrected chi connectivity index (χ2v) is 5.28. The van der Waals surface area contributed by atoms with E-state index in [1.54, 1.807) is 18.4 Å². The summed E-state index contributed by atoms with van der Waals surface area (Å²) in [6.45, 7) is 6.09. The number of rotatable bonds is 4. The van der Waals surface area contributed by atoms with E-state index >= 15 is 0 Å². The average Bonchev–Trinajstić information content (AvgIpc) is 2.87. The Balaban J connectivity index is 2.46. The fourth-order valence-corrected chi connectivity index (χ4v) is 2.85. The zero-order valence-electron chi connectivity index (χ0n) is 12.0. The van der Waals surface area contributed by atoms with Gasteiger partial charge in [-0.3, -0.25) is 9.36 Å². The van der Waals surface area contributed by atoms with E-state index in [0.717, 1.165) is 12.8 Å². The Bertz CT molecular complexity index is 573. The van der Waals surface area contributed by atoms with Crippen molar-refractivity contribution in [2.75, 3.05) is 6.61 Å². The van der Waals surface area contributed by atoms with E-state index in [2.05, 4.69) is 4.98 Å². The van der Waals surface area contributed by atoms with Gasteiger partial charge in [-0.25, -0.2) is 4.79 Å². The number of carboxylic acid groups (broad SMARTS) is 1. The molecule has 110 valence electrons. The van der Waals surface area contributed by atoms with Crippen molar-refractivity contribution in [3.8, 4) is 0 Å².